The van der Waals surface area contributed by atoms with Gasteiger partial charge in [0, 0.05) is 31.1 Å². The first kappa shape index (κ1) is 13.1. The van der Waals surface area contributed by atoms with Crippen molar-refractivity contribution in [1.29, 1.82) is 0 Å². The van der Waals surface area contributed by atoms with Gasteiger partial charge in [-0.25, -0.2) is 0 Å². The van der Waals surface area contributed by atoms with Crippen molar-refractivity contribution >= 4 is 29.4 Å². The molecule has 1 saturated heterocycles. The van der Waals surface area contributed by atoms with E-state index in [0.29, 0.717) is 0 Å². The summed E-state index contributed by atoms with van der Waals surface area (Å²) in [6, 6.07) is 1.91. The Bertz CT molecular complexity index is 445. The Hall–Kier alpha value is -1.39. The lowest BCUT2D eigenvalue weighted by atomic mass is 10.2. The molecule has 0 saturated carbocycles. The number of likely N-dealkylation sites (N-methyl/N-ethyl adjacent to an activating group) is 1. The van der Waals surface area contributed by atoms with E-state index in [-0.39, 0.29) is 5.91 Å². The molecule has 96 valence electrons. The van der Waals surface area contributed by atoms with Gasteiger partial charge < -0.3 is 9.80 Å². The van der Waals surface area contributed by atoms with Crippen LogP contribution in [0.2, 0.25) is 0 Å². The number of hydrogen-bond donors (Lipinski definition) is 0. The van der Waals surface area contributed by atoms with Gasteiger partial charge in [-0.1, -0.05) is 25.3 Å². The fourth-order valence-corrected chi connectivity index (χ4v) is 2.99. The van der Waals surface area contributed by atoms with Gasteiger partial charge in [0.1, 0.15) is 0 Å². The Morgan fingerprint density at radius 1 is 1.28 bits per heavy atom. The third-order valence-electron chi connectivity index (χ3n) is 3.20. The highest BCUT2D eigenvalue weighted by atomic mass is 32.1. The van der Waals surface area contributed by atoms with E-state index in [0.717, 1.165) is 41.5 Å². The van der Waals surface area contributed by atoms with Gasteiger partial charge in [-0.3, -0.25) is 4.79 Å². The lowest BCUT2D eigenvalue weighted by Crippen LogP contribution is -2.46. The van der Waals surface area contributed by atoms with Gasteiger partial charge in [-0.15, -0.1) is 11.3 Å². The van der Waals surface area contributed by atoms with E-state index in [2.05, 4.69) is 25.1 Å². The quantitative estimate of drug-likeness (QED) is 0.835. The van der Waals surface area contributed by atoms with Crippen LogP contribution in [0.25, 0.3) is 12.2 Å². The van der Waals surface area contributed by atoms with Crippen LogP contribution in [0.3, 0.4) is 0 Å². The van der Waals surface area contributed by atoms with Gasteiger partial charge >= 0.3 is 0 Å². The molecule has 1 aliphatic heterocycles. The molecule has 1 amide bonds. The number of amides is 1. The Kier molecular flexibility index (Phi) is 3.99. The van der Waals surface area contributed by atoms with Crippen LogP contribution < -0.4 is 0 Å². The van der Waals surface area contributed by atoms with Crippen molar-refractivity contribution in [2.24, 2.45) is 0 Å². The van der Waals surface area contributed by atoms with Crippen LogP contribution in [-0.4, -0.2) is 48.9 Å². The molecule has 3 nitrogen and oxygen atoms in total. The summed E-state index contributed by atoms with van der Waals surface area (Å²) >= 11 is 1.49. The Morgan fingerprint density at radius 3 is 2.44 bits per heavy atom. The van der Waals surface area contributed by atoms with Gasteiger partial charge in [0.05, 0.1) is 4.88 Å². The molecule has 1 aromatic rings. The van der Waals surface area contributed by atoms with Crippen LogP contribution in [0.15, 0.2) is 19.2 Å². The molecule has 0 unspecified atom stereocenters. The first-order valence-corrected chi connectivity index (χ1v) is 6.84. The van der Waals surface area contributed by atoms with Crippen LogP contribution >= 0.6 is 11.3 Å². The number of rotatable bonds is 3. The topological polar surface area (TPSA) is 23.6 Å². The molecule has 1 aromatic heterocycles. The normalized spacial score (nSPS) is 16.6. The van der Waals surface area contributed by atoms with E-state index in [9.17, 15) is 4.79 Å². The van der Waals surface area contributed by atoms with Crippen LogP contribution in [0.4, 0.5) is 0 Å². The fourth-order valence-electron chi connectivity index (χ4n) is 2.01. The van der Waals surface area contributed by atoms with Crippen molar-refractivity contribution in [1.82, 2.24) is 9.80 Å². The van der Waals surface area contributed by atoms with E-state index in [4.69, 9.17) is 0 Å². The molecule has 1 aliphatic rings. The summed E-state index contributed by atoms with van der Waals surface area (Å²) in [5, 5.41) is 0. The summed E-state index contributed by atoms with van der Waals surface area (Å²) in [6.07, 6.45) is 3.55. The zero-order valence-corrected chi connectivity index (χ0v) is 11.5. The largest absolute Gasteiger partial charge is 0.335 e. The van der Waals surface area contributed by atoms with Gasteiger partial charge in [-0.2, -0.15) is 0 Å². The summed E-state index contributed by atoms with van der Waals surface area (Å²) in [7, 11) is 2.08. The smallest absolute Gasteiger partial charge is 0.264 e. The highest BCUT2D eigenvalue weighted by molar-refractivity contribution is 7.15. The number of carbonyl (C=O) groups is 1. The molecule has 0 aromatic carbocycles. The van der Waals surface area contributed by atoms with E-state index in [1.54, 1.807) is 12.2 Å². The van der Waals surface area contributed by atoms with Crippen molar-refractivity contribution in [3.05, 3.63) is 34.5 Å². The molecule has 1 fully saturated rings. The monoisotopic (exact) mass is 262 g/mol. The number of hydrogen-bond acceptors (Lipinski definition) is 3. The summed E-state index contributed by atoms with van der Waals surface area (Å²) in [6.45, 7) is 11.0. The molecule has 4 heteroatoms. The summed E-state index contributed by atoms with van der Waals surface area (Å²) in [4.78, 5) is 18.3. The molecule has 18 heavy (non-hydrogen) atoms. The minimum atomic E-state index is 0.129. The van der Waals surface area contributed by atoms with Crippen LogP contribution in [0.1, 0.15) is 20.1 Å². The molecule has 0 spiro atoms. The maximum atomic E-state index is 12.4. The van der Waals surface area contributed by atoms with E-state index in [1.807, 2.05) is 11.0 Å². The zero-order valence-electron chi connectivity index (χ0n) is 10.7. The highest BCUT2D eigenvalue weighted by Crippen LogP contribution is 2.26. The average Bonchev–Trinajstić information content (AvgIpc) is 2.82. The molecule has 2 rings (SSSR count). The zero-order chi connectivity index (χ0) is 13.1. The average molecular weight is 262 g/mol. The second-order valence-electron chi connectivity index (χ2n) is 4.43. The Balaban J connectivity index is 2.16. The SMILES string of the molecule is C=Cc1cc(C(=O)N2CCN(C)CC2)sc1C=C. The summed E-state index contributed by atoms with van der Waals surface area (Å²) in [5.41, 5.74) is 0.993. The first-order chi connectivity index (χ1) is 8.65. The second kappa shape index (κ2) is 5.50. The minimum Gasteiger partial charge on any atom is -0.335 e. The highest BCUT2D eigenvalue weighted by Gasteiger charge is 2.22. The van der Waals surface area contributed by atoms with E-state index in [1.165, 1.54) is 11.3 Å². The summed E-state index contributed by atoms with van der Waals surface area (Å²) in [5.74, 6) is 0.129. The maximum Gasteiger partial charge on any atom is 0.264 e. The van der Waals surface area contributed by atoms with Gasteiger partial charge in [0.2, 0.25) is 0 Å². The van der Waals surface area contributed by atoms with Crippen molar-refractivity contribution in [3.8, 4) is 0 Å². The van der Waals surface area contributed by atoms with Crippen molar-refractivity contribution in [2.75, 3.05) is 33.2 Å². The van der Waals surface area contributed by atoms with Crippen LogP contribution in [0.5, 0.6) is 0 Å². The standard InChI is InChI=1S/C14H18N2OS/c1-4-11-10-13(18-12(11)5-2)14(17)16-8-6-15(3)7-9-16/h4-5,10H,1-2,6-9H2,3H3. The van der Waals surface area contributed by atoms with Gasteiger partial charge in [0.15, 0.2) is 0 Å². The first-order valence-electron chi connectivity index (χ1n) is 6.02. The molecular formula is C14H18N2OS. The number of thiophene rings is 1. The molecular weight excluding hydrogens is 244 g/mol. The number of nitrogens with zero attached hydrogens (tertiary/aromatic N) is 2. The summed E-state index contributed by atoms with van der Waals surface area (Å²) < 4.78 is 0. The van der Waals surface area contributed by atoms with E-state index >= 15 is 0 Å². The molecule has 0 aliphatic carbocycles. The predicted octanol–water partition coefficient (Wildman–Crippen LogP) is 2.42. The van der Waals surface area contributed by atoms with Crippen LogP contribution in [-0.2, 0) is 0 Å². The lowest BCUT2D eigenvalue weighted by Gasteiger charge is -2.32. The van der Waals surface area contributed by atoms with Gasteiger partial charge in [0.25, 0.3) is 5.91 Å². The molecule has 0 N–H and O–H groups in total. The minimum absolute atomic E-state index is 0.129. The van der Waals surface area contributed by atoms with Crippen molar-refractivity contribution in [2.45, 2.75) is 0 Å². The lowest BCUT2D eigenvalue weighted by molar-refractivity contribution is 0.0669. The number of piperazine rings is 1. The van der Waals surface area contributed by atoms with E-state index < -0.39 is 0 Å². The maximum absolute atomic E-state index is 12.4. The second-order valence-corrected chi connectivity index (χ2v) is 5.52. The Labute approximate surface area is 112 Å². The van der Waals surface area contributed by atoms with Crippen molar-refractivity contribution in [3.63, 3.8) is 0 Å². The third kappa shape index (κ3) is 2.54. The van der Waals surface area contributed by atoms with Gasteiger partial charge in [-0.05, 0) is 18.7 Å². The van der Waals surface area contributed by atoms with Crippen molar-refractivity contribution < 1.29 is 4.79 Å². The third-order valence-corrected chi connectivity index (χ3v) is 4.33. The molecule has 2 heterocycles. The Morgan fingerprint density at radius 2 is 1.94 bits per heavy atom. The predicted molar refractivity (Wildman–Crippen MR) is 77.9 cm³/mol. The molecule has 0 radical (unpaired) electrons. The number of carbonyl (C=O) groups excluding carboxylic acids is 1. The fraction of sp³-hybridized carbons (Fsp3) is 0.357. The van der Waals surface area contributed by atoms with Crippen LogP contribution in [0, 0.1) is 0 Å². The molecule has 0 bridgehead atoms. The molecule has 0 atom stereocenters.